The summed E-state index contributed by atoms with van der Waals surface area (Å²) >= 11 is 0. The monoisotopic (exact) mass is 198 g/mol. The Morgan fingerprint density at radius 2 is 1.71 bits per heavy atom. The highest BCUT2D eigenvalue weighted by molar-refractivity contribution is 6.35. The molecule has 1 rings (SSSR count). The first kappa shape index (κ1) is 11.0. The Kier molecular flexibility index (Phi) is 3.92. The number of hydrogen-bond acceptors (Lipinski definition) is 2. The maximum absolute atomic E-state index is 11.3. The minimum Gasteiger partial charge on any atom is -0.346 e. The zero-order valence-electron chi connectivity index (χ0n) is 8.80. The Bertz CT molecular complexity index is 220. The van der Waals surface area contributed by atoms with Crippen LogP contribution < -0.4 is 10.6 Å². The molecular formula is C10H18N2O2. The zero-order chi connectivity index (χ0) is 10.6. The van der Waals surface area contributed by atoms with Crippen molar-refractivity contribution < 1.29 is 9.59 Å². The van der Waals surface area contributed by atoms with E-state index in [1.54, 1.807) is 0 Å². The standard InChI is InChI=1S/C10H18N2O2/c1-7(2)11-9(13)10(14)12-8-5-3-4-6-8/h7-8H,3-6H2,1-2H3,(H,11,13)(H,12,14). The normalized spacial score (nSPS) is 17.1. The Morgan fingerprint density at radius 1 is 1.14 bits per heavy atom. The van der Waals surface area contributed by atoms with Gasteiger partial charge in [0, 0.05) is 12.1 Å². The lowest BCUT2D eigenvalue weighted by molar-refractivity contribution is -0.139. The van der Waals surface area contributed by atoms with Gasteiger partial charge in [0.15, 0.2) is 0 Å². The highest BCUT2D eigenvalue weighted by Gasteiger charge is 2.21. The van der Waals surface area contributed by atoms with Crippen LogP contribution in [0.5, 0.6) is 0 Å². The number of hydrogen-bond donors (Lipinski definition) is 2. The second-order valence-corrected chi connectivity index (χ2v) is 4.08. The highest BCUT2D eigenvalue weighted by Crippen LogP contribution is 2.17. The average Bonchev–Trinajstić information content (AvgIpc) is 2.55. The molecule has 2 amide bonds. The summed E-state index contributed by atoms with van der Waals surface area (Å²) in [6.07, 6.45) is 4.30. The van der Waals surface area contributed by atoms with Gasteiger partial charge in [-0.2, -0.15) is 0 Å². The minimum absolute atomic E-state index is 0.0110. The van der Waals surface area contributed by atoms with Crippen LogP contribution >= 0.6 is 0 Å². The maximum Gasteiger partial charge on any atom is 0.309 e. The summed E-state index contributed by atoms with van der Waals surface area (Å²) in [6, 6.07) is 0.220. The summed E-state index contributed by atoms with van der Waals surface area (Å²) in [7, 11) is 0. The zero-order valence-corrected chi connectivity index (χ0v) is 8.80. The van der Waals surface area contributed by atoms with Crippen molar-refractivity contribution in [2.24, 2.45) is 0 Å². The minimum atomic E-state index is -0.521. The van der Waals surface area contributed by atoms with Gasteiger partial charge >= 0.3 is 11.8 Å². The topological polar surface area (TPSA) is 58.2 Å². The molecule has 1 saturated carbocycles. The van der Waals surface area contributed by atoms with Crippen LogP contribution in [-0.2, 0) is 9.59 Å². The summed E-state index contributed by atoms with van der Waals surface area (Å²) in [5.74, 6) is -1.02. The summed E-state index contributed by atoms with van der Waals surface area (Å²) in [5, 5.41) is 5.30. The summed E-state index contributed by atoms with van der Waals surface area (Å²) < 4.78 is 0. The average molecular weight is 198 g/mol. The van der Waals surface area contributed by atoms with E-state index in [2.05, 4.69) is 10.6 Å². The molecule has 1 aliphatic rings. The molecule has 2 N–H and O–H groups in total. The number of carbonyl (C=O) groups is 2. The summed E-state index contributed by atoms with van der Waals surface area (Å²) in [4.78, 5) is 22.5. The quantitative estimate of drug-likeness (QED) is 0.637. The van der Waals surface area contributed by atoms with Crippen molar-refractivity contribution in [1.82, 2.24) is 10.6 Å². The molecule has 0 aromatic heterocycles. The van der Waals surface area contributed by atoms with E-state index in [0.717, 1.165) is 25.7 Å². The fraction of sp³-hybridized carbons (Fsp3) is 0.800. The van der Waals surface area contributed by atoms with Gasteiger partial charge in [0.05, 0.1) is 0 Å². The van der Waals surface area contributed by atoms with Crippen molar-refractivity contribution in [2.45, 2.75) is 51.6 Å². The number of nitrogens with one attached hydrogen (secondary N) is 2. The lowest BCUT2D eigenvalue weighted by Crippen LogP contribution is -2.45. The van der Waals surface area contributed by atoms with Crippen molar-refractivity contribution in [3.05, 3.63) is 0 Å². The number of rotatable bonds is 2. The van der Waals surface area contributed by atoms with E-state index in [1.807, 2.05) is 13.8 Å². The molecule has 0 heterocycles. The van der Waals surface area contributed by atoms with E-state index in [4.69, 9.17) is 0 Å². The van der Waals surface area contributed by atoms with Crippen LogP contribution in [0.25, 0.3) is 0 Å². The van der Waals surface area contributed by atoms with Crippen LogP contribution in [0.1, 0.15) is 39.5 Å². The lowest BCUT2D eigenvalue weighted by atomic mass is 10.2. The van der Waals surface area contributed by atoms with Gasteiger partial charge in [0.1, 0.15) is 0 Å². The molecule has 0 aromatic carbocycles. The molecule has 0 bridgehead atoms. The third-order valence-electron chi connectivity index (χ3n) is 2.32. The van der Waals surface area contributed by atoms with Gasteiger partial charge in [-0.3, -0.25) is 9.59 Å². The predicted molar refractivity (Wildman–Crippen MR) is 53.7 cm³/mol. The van der Waals surface area contributed by atoms with Crippen LogP contribution in [0.4, 0.5) is 0 Å². The molecule has 0 saturated heterocycles. The van der Waals surface area contributed by atoms with E-state index in [0.29, 0.717) is 0 Å². The largest absolute Gasteiger partial charge is 0.346 e. The van der Waals surface area contributed by atoms with Gasteiger partial charge in [0.2, 0.25) is 0 Å². The Labute approximate surface area is 84.4 Å². The van der Waals surface area contributed by atoms with Crippen molar-refractivity contribution in [2.75, 3.05) is 0 Å². The summed E-state index contributed by atoms with van der Waals surface area (Å²) in [6.45, 7) is 3.67. The first-order valence-corrected chi connectivity index (χ1v) is 5.21. The molecular weight excluding hydrogens is 180 g/mol. The Morgan fingerprint density at radius 3 is 2.21 bits per heavy atom. The lowest BCUT2D eigenvalue weighted by Gasteiger charge is -2.12. The van der Waals surface area contributed by atoms with Crippen molar-refractivity contribution >= 4 is 11.8 Å². The Hall–Kier alpha value is -1.06. The molecule has 80 valence electrons. The fourth-order valence-corrected chi connectivity index (χ4v) is 1.65. The number of amides is 2. The molecule has 0 spiro atoms. The molecule has 0 aromatic rings. The van der Waals surface area contributed by atoms with Gasteiger partial charge in [-0.05, 0) is 26.7 Å². The van der Waals surface area contributed by atoms with Crippen molar-refractivity contribution in [3.63, 3.8) is 0 Å². The van der Waals surface area contributed by atoms with Gasteiger partial charge < -0.3 is 10.6 Å². The van der Waals surface area contributed by atoms with Gasteiger partial charge in [-0.1, -0.05) is 12.8 Å². The van der Waals surface area contributed by atoms with Crippen LogP contribution in [0, 0.1) is 0 Å². The summed E-state index contributed by atoms with van der Waals surface area (Å²) in [5.41, 5.74) is 0. The molecule has 0 aliphatic heterocycles. The highest BCUT2D eigenvalue weighted by atomic mass is 16.2. The predicted octanol–water partition coefficient (Wildman–Crippen LogP) is 0.570. The SMILES string of the molecule is CC(C)NC(=O)C(=O)NC1CCCC1. The Balaban J connectivity index is 2.29. The smallest absolute Gasteiger partial charge is 0.309 e. The molecule has 0 unspecified atom stereocenters. The second kappa shape index (κ2) is 4.98. The van der Waals surface area contributed by atoms with Crippen LogP contribution in [-0.4, -0.2) is 23.9 Å². The second-order valence-electron chi connectivity index (χ2n) is 4.08. The van der Waals surface area contributed by atoms with E-state index >= 15 is 0 Å². The third-order valence-corrected chi connectivity index (χ3v) is 2.32. The maximum atomic E-state index is 11.3. The van der Waals surface area contributed by atoms with Gasteiger partial charge in [-0.15, -0.1) is 0 Å². The van der Waals surface area contributed by atoms with Crippen LogP contribution in [0.2, 0.25) is 0 Å². The number of carbonyl (C=O) groups excluding carboxylic acids is 2. The van der Waals surface area contributed by atoms with Gasteiger partial charge in [-0.25, -0.2) is 0 Å². The molecule has 0 atom stereocenters. The molecule has 1 fully saturated rings. The van der Waals surface area contributed by atoms with Crippen LogP contribution in [0.3, 0.4) is 0 Å². The molecule has 1 aliphatic carbocycles. The third kappa shape index (κ3) is 3.36. The molecule has 0 radical (unpaired) electrons. The van der Waals surface area contributed by atoms with Crippen molar-refractivity contribution in [1.29, 1.82) is 0 Å². The molecule has 14 heavy (non-hydrogen) atoms. The van der Waals surface area contributed by atoms with Gasteiger partial charge in [0.25, 0.3) is 0 Å². The first-order chi connectivity index (χ1) is 6.59. The van der Waals surface area contributed by atoms with E-state index < -0.39 is 11.8 Å². The van der Waals surface area contributed by atoms with Crippen LogP contribution in [0.15, 0.2) is 0 Å². The van der Waals surface area contributed by atoms with Crippen molar-refractivity contribution in [3.8, 4) is 0 Å². The molecule has 4 heteroatoms. The van der Waals surface area contributed by atoms with E-state index in [1.165, 1.54) is 0 Å². The van der Waals surface area contributed by atoms with E-state index in [-0.39, 0.29) is 12.1 Å². The first-order valence-electron chi connectivity index (χ1n) is 5.21. The molecule has 4 nitrogen and oxygen atoms in total. The fourth-order valence-electron chi connectivity index (χ4n) is 1.65. The van der Waals surface area contributed by atoms with E-state index in [9.17, 15) is 9.59 Å².